The van der Waals surface area contributed by atoms with Gasteiger partial charge in [0.15, 0.2) is 11.7 Å². The first-order chi connectivity index (χ1) is 37.4. The van der Waals surface area contributed by atoms with E-state index in [9.17, 15) is 47.9 Å². The Morgan fingerprint density at radius 2 is 1.42 bits per heavy atom. The van der Waals surface area contributed by atoms with E-state index in [1.54, 1.807) is 62.4 Å². The maximum absolute atomic E-state index is 14.3. The maximum atomic E-state index is 14.3. The number of nitrogens with two attached hydrogens (primary N) is 5. The Bertz CT molecular complexity index is 2510. The van der Waals surface area contributed by atoms with Crippen molar-refractivity contribution in [3.8, 4) is 5.75 Å². The first kappa shape index (κ1) is 64.6. The number of thiol groups is 2. The van der Waals surface area contributed by atoms with Crippen molar-refractivity contribution in [3.05, 3.63) is 65.2 Å². The number of nitrogens with one attached hydrogen (secondary N) is 6. The maximum Gasteiger partial charge on any atom is 0.246 e. The summed E-state index contributed by atoms with van der Waals surface area (Å²) in [6.45, 7) is 5.14. The van der Waals surface area contributed by atoms with Crippen LogP contribution in [0.3, 0.4) is 0 Å². The lowest BCUT2D eigenvalue weighted by atomic mass is 9.82. The van der Waals surface area contributed by atoms with Crippen LogP contribution in [0.1, 0.15) is 113 Å². The average Bonchev–Trinajstić information content (AvgIpc) is 3.93. The average molecular weight is 1140 g/mol. The van der Waals surface area contributed by atoms with Crippen molar-refractivity contribution in [1.29, 1.82) is 0 Å². The lowest BCUT2D eigenvalue weighted by Crippen LogP contribution is -2.61. The SMILES string of the molecule is CCOc1ccc(C[C@H](N)C(=O)N[C@@H](Cc2ccccc2)C(=O)N[C@H](C(=O)N[C@@H](CC(N)=O)C(=O)N[C@@H](CS)C(=O)N2CCC[C@H]2C(=O)N[C@@H](CCCN=C(N)N)C(=O)NCC(N)=O)C(C)C)c(C(=O)CC2(S)CCCCC2)c1. The summed E-state index contributed by atoms with van der Waals surface area (Å²) in [5.74, 6) is -8.18. The number of ketones is 1. The van der Waals surface area contributed by atoms with Crippen LogP contribution >= 0.6 is 25.3 Å². The molecule has 26 heteroatoms. The molecular formula is C53H79N13O11S2. The van der Waals surface area contributed by atoms with E-state index >= 15 is 0 Å². The van der Waals surface area contributed by atoms with E-state index in [4.69, 9.17) is 46.0 Å². The van der Waals surface area contributed by atoms with Gasteiger partial charge in [-0.05, 0) is 81.0 Å². The van der Waals surface area contributed by atoms with Crippen molar-refractivity contribution in [3.63, 3.8) is 0 Å². The van der Waals surface area contributed by atoms with Gasteiger partial charge in [0.2, 0.25) is 53.2 Å². The van der Waals surface area contributed by atoms with Crippen molar-refractivity contribution in [2.75, 3.05) is 32.0 Å². The molecular weight excluding hydrogens is 1060 g/mol. The number of rotatable bonds is 31. The smallest absolute Gasteiger partial charge is 0.246 e. The number of amides is 9. The van der Waals surface area contributed by atoms with Crippen LogP contribution in [0.25, 0.3) is 0 Å². The summed E-state index contributed by atoms with van der Waals surface area (Å²) in [6.07, 6.45) is 4.81. The molecule has 1 aliphatic heterocycles. The summed E-state index contributed by atoms with van der Waals surface area (Å²) in [4.78, 5) is 140. The molecule has 0 unspecified atom stereocenters. The van der Waals surface area contributed by atoms with Gasteiger partial charge in [-0.25, -0.2) is 0 Å². The predicted molar refractivity (Wildman–Crippen MR) is 302 cm³/mol. The van der Waals surface area contributed by atoms with Crippen molar-refractivity contribution in [2.45, 2.75) is 151 Å². The lowest BCUT2D eigenvalue weighted by Gasteiger charge is -2.32. The van der Waals surface area contributed by atoms with E-state index in [0.717, 1.165) is 32.1 Å². The quantitative estimate of drug-likeness (QED) is 0.0141. The van der Waals surface area contributed by atoms with E-state index in [1.165, 1.54) is 4.90 Å². The number of guanidine groups is 1. The Balaban J connectivity index is 1.49. The number of hydrogen-bond acceptors (Lipinski definition) is 15. The van der Waals surface area contributed by atoms with Gasteiger partial charge in [-0.2, -0.15) is 25.3 Å². The highest BCUT2D eigenvalue weighted by Gasteiger charge is 2.40. The molecule has 434 valence electrons. The van der Waals surface area contributed by atoms with Gasteiger partial charge in [0.05, 0.1) is 25.6 Å². The van der Waals surface area contributed by atoms with Gasteiger partial charge in [0.1, 0.15) is 42.0 Å². The van der Waals surface area contributed by atoms with Crippen LogP contribution < -0.4 is 65.3 Å². The molecule has 1 saturated heterocycles. The minimum absolute atomic E-state index is 0.0344. The zero-order chi connectivity index (χ0) is 58.4. The van der Waals surface area contributed by atoms with E-state index in [0.29, 0.717) is 35.5 Å². The number of benzene rings is 2. The highest BCUT2D eigenvalue weighted by Crippen LogP contribution is 2.38. The second-order valence-electron chi connectivity index (χ2n) is 20.3. The molecule has 1 heterocycles. The summed E-state index contributed by atoms with van der Waals surface area (Å²) in [5, 5.41) is 15.4. The van der Waals surface area contributed by atoms with Gasteiger partial charge in [-0.1, -0.05) is 69.5 Å². The Kier molecular flexibility index (Phi) is 25.8. The van der Waals surface area contributed by atoms with Crippen molar-refractivity contribution in [2.24, 2.45) is 39.6 Å². The van der Waals surface area contributed by atoms with Gasteiger partial charge in [0, 0.05) is 42.0 Å². The molecule has 9 amide bonds. The molecule has 4 rings (SSSR count). The first-order valence-electron chi connectivity index (χ1n) is 26.6. The number of Topliss-reactive ketones (excluding diaryl/α,β-unsaturated/α-hetero) is 1. The molecule has 0 spiro atoms. The summed E-state index contributed by atoms with van der Waals surface area (Å²) in [5.41, 5.74) is 29.6. The van der Waals surface area contributed by atoms with Crippen LogP contribution in [-0.2, 0) is 56.0 Å². The fourth-order valence-corrected chi connectivity index (χ4v) is 10.2. The number of likely N-dealkylation sites (tertiary alicyclic amines) is 1. The van der Waals surface area contributed by atoms with Gasteiger partial charge in [-0.15, -0.1) is 0 Å². The third-order valence-corrected chi connectivity index (χ3v) is 14.6. The monoisotopic (exact) mass is 1140 g/mol. The summed E-state index contributed by atoms with van der Waals surface area (Å²) >= 11 is 9.20. The molecule has 0 bridgehead atoms. The Morgan fingerprint density at radius 3 is 2.04 bits per heavy atom. The van der Waals surface area contributed by atoms with E-state index in [2.05, 4.69) is 49.5 Å². The molecule has 0 radical (unpaired) electrons. The molecule has 2 aliphatic rings. The molecule has 2 fully saturated rings. The first-order valence-corrected chi connectivity index (χ1v) is 27.7. The number of primary amides is 2. The molecule has 16 N–H and O–H groups in total. The third kappa shape index (κ3) is 20.7. The van der Waals surface area contributed by atoms with E-state index in [-0.39, 0.29) is 69.1 Å². The lowest BCUT2D eigenvalue weighted by molar-refractivity contribution is -0.142. The zero-order valence-electron chi connectivity index (χ0n) is 45.1. The van der Waals surface area contributed by atoms with Gasteiger partial charge in [0.25, 0.3) is 0 Å². The molecule has 7 atom stereocenters. The Hall–Kier alpha value is -6.93. The topological polar surface area (TPSA) is 398 Å². The Labute approximate surface area is 471 Å². The molecule has 1 saturated carbocycles. The fraction of sp³-hybridized carbons (Fsp3) is 0.566. The van der Waals surface area contributed by atoms with Crippen LogP contribution in [0.2, 0.25) is 0 Å². The highest BCUT2D eigenvalue weighted by atomic mass is 32.1. The summed E-state index contributed by atoms with van der Waals surface area (Å²) < 4.78 is 5.25. The Morgan fingerprint density at radius 1 is 0.759 bits per heavy atom. The molecule has 2 aromatic carbocycles. The third-order valence-electron chi connectivity index (χ3n) is 13.6. The van der Waals surface area contributed by atoms with Gasteiger partial charge in [-0.3, -0.25) is 52.9 Å². The van der Waals surface area contributed by atoms with Crippen molar-refractivity contribution in [1.82, 2.24) is 36.8 Å². The molecule has 2 aromatic rings. The number of hydrogen-bond donors (Lipinski definition) is 13. The van der Waals surface area contributed by atoms with E-state index in [1.807, 2.05) is 6.92 Å². The second kappa shape index (κ2) is 31.6. The van der Waals surface area contributed by atoms with Gasteiger partial charge >= 0.3 is 0 Å². The van der Waals surface area contributed by atoms with Crippen LogP contribution in [0, 0.1) is 5.92 Å². The standard InChI is InChI=1S/C53H79N13O11S2/c1-4-77-33-18-17-32(34(25-33)41(67)27-53(79)19-9-6-10-20-53)24-35(54)45(70)62-37(23-31-13-7-5-8-14-31)48(73)65-44(30(2)3)50(75)63-38(26-42(55)68)47(72)64-39(29-78)51(76)66-22-12-16-40(66)49(74)61-36(15-11-21-59-52(57)58)46(71)60-28-43(56)69/h5,7-8,13-14,17-18,25,30,35-40,44,78-79H,4,6,9-12,15-16,19-24,26-29,54H2,1-3H3,(H2,55,68)(H2,56,69)(H,60,71)(H,61,74)(H,62,70)(H,63,75)(H,64,72)(H,65,73)(H4,57,58,59)/t35-,36-,37-,38-,39-,40-,44-/m0/s1. The van der Waals surface area contributed by atoms with Crippen molar-refractivity contribution >= 4 is 90.2 Å². The number of aliphatic imine (C=N–C) groups is 1. The summed E-state index contributed by atoms with van der Waals surface area (Å²) in [7, 11) is 0. The minimum atomic E-state index is -1.67. The van der Waals surface area contributed by atoms with Crippen LogP contribution in [0.15, 0.2) is 53.5 Å². The zero-order valence-corrected chi connectivity index (χ0v) is 46.9. The number of ether oxygens (including phenoxy) is 1. The normalized spacial score (nSPS) is 17.1. The number of carbonyl (C=O) groups excluding carboxylic acids is 10. The van der Waals surface area contributed by atoms with E-state index < -0.39 is 119 Å². The molecule has 79 heavy (non-hydrogen) atoms. The van der Waals surface area contributed by atoms with Crippen LogP contribution in [-0.4, -0.2) is 149 Å². The predicted octanol–water partition coefficient (Wildman–Crippen LogP) is -1.07. The van der Waals surface area contributed by atoms with Gasteiger partial charge < -0.3 is 70.2 Å². The molecule has 24 nitrogen and oxygen atoms in total. The molecule has 1 aliphatic carbocycles. The number of nitrogens with zero attached hydrogens (tertiary/aromatic N) is 2. The summed E-state index contributed by atoms with van der Waals surface area (Å²) in [6, 6.07) is 4.58. The van der Waals surface area contributed by atoms with Crippen LogP contribution in [0.4, 0.5) is 0 Å². The fourth-order valence-electron chi connectivity index (χ4n) is 9.46. The van der Waals surface area contributed by atoms with Crippen molar-refractivity contribution < 1.29 is 52.7 Å². The molecule has 0 aromatic heterocycles. The second-order valence-corrected chi connectivity index (χ2v) is 21.6. The highest BCUT2D eigenvalue weighted by molar-refractivity contribution is 7.81. The largest absolute Gasteiger partial charge is 0.494 e. The van der Waals surface area contributed by atoms with Crippen LogP contribution in [0.5, 0.6) is 5.75 Å². The minimum Gasteiger partial charge on any atom is -0.494 e. The number of carbonyl (C=O) groups is 10.